The van der Waals surface area contributed by atoms with Gasteiger partial charge in [0.1, 0.15) is 17.3 Å². The first-order valence-electron chi connectivity index (χ1n) is 10.1. The molecule has 8 heteroatoms. The Bertz CT molecular complexity index is 818. The normalized spacial score (nSPS) is 15.9. The van der Waals surface area contributed by atoms with Crippen LogP contribution in [0.15, 0.2) is 39.7 Å². The first-order chi connectivity index (χ1) is 14.1. The summed E-state index contributed by atoms with van der Waals surface area (Å²) >= 11 is 0. The van der Waals surface area contributed by atoms with E-state index in [1.165, 1.54) is 5.56 Å². The number of ether oxygens (including phenoxy) is 2. The second-order valence-electron chi connectivity index (χ2n) is 7.23. The summed E-state index contributed by atoms with van der Waals surface area (Å²) in [4.78, 5) is 6.77. The van der Waals surface area contributed by atoms with Gasteiger partial charge in [-0.05, 0) is 37.6 Å². The number of rotatable bonds is 7. The molecule has 1 aliphatic heterocycles. The van der Waals surface area contributed by atoms with Crippen molar-refractivity contribution in [1.82, 2.24) is 15.5 Å². The number of guanidine groups is 1. The lowest BCUT2D eigenvalue weighted by molar-refractivity contribution is 0.0124. The van der Waals surface area contributed by atoms with Crippen molar-refractivity contribution in [3.8, 4) is 5.75 Å². The van der Waals surface area contributed by atoms with E-state index in [2.05, 4.69) is 45.6 Å². The van der Waals surface area contributed by atoms with Crippen molar-refractivity contribution in [2.24, 2.45) is 4.99 Å². The van der Waals surface area contributed by atoms with Crippen LogP contribution >= 0.6 is 24.0 Å². The van der Waals surface area contributed by atoms with Gasteiger partial charge in [0.2, 0.25) is 0 Å². The fraction of sp³-hybridized carbons (Fsp3) is 0.500. The lowest BCUT2D eigenvalue weighted by atomic mass is 10.1. The Balaban J connectivity index is 0.00000320. The smallest absolute Gasteiger partial charge is 0.191 e. The molecule has 1 aromatic heterocycles. The highest BCUT2D eigenvalue weighted by atomic mass is 127. The highest BCUT2D eigenvalue weighted by molar-refractivity contribution is 14.0. The summed E-state index contributed by atoms with van der Waals surface area (Å²) in [5.41, 5.74) is 2.27. The molecule has 0 bridgehead atoms. The minimum Gasteiger partial charge on any atom is -0.496 e. The van der Waals surface area contributed by atoms with Gasteiger partial charge in [-0.1, -0.05) is 12.1 Å². The molecule has 0 aliphatic carbocycles. The Morgan fingerprint density at radius 2 is 1.93 bits per heavy atom. The molecular weight excluding hydrogens is 495 g/mol. The van der Waals surface area contributed by atoms with Crippen molar-refractivity contribution in [3.05, 3.63) is 53.0 Å². The van der Waals surface area contributed by atoms with E-state index in [0.717, 1.165) is 55.1 Å². The number of furan rings is 1. The van der Waals surface area contributed by atoms with Gasteiger partial charge in [0, 0.05) is 38.8 Å². The molecule has 30 heavy (non-hydrogen) atoms. The number of aryl methyl sites for hydroxylation is 2. The molecule has 1 unspecified atom stereocenters. The molecule has 1 atom stereocenters. The molecule has 7 nitrogen and oxygen atoms in total. The Labute approximate surface area is 196 Å². The van der Waals surface area contributed by atoms with Crippen molar-refractivity contribution in [2.45, 2.75) is 26.4 Å². The molecule has 0 spiro atoms. The second-order valence-corrected chi connectivity index (χ2v) is 7.23. The van der Waals surface area contributed by atoms with Crippen molar-refractivity contribution in [2.75, 3.05) is 47.0 Å². The van der Waals surface area contributed by atoms with Crippen LogP contribution in [0, 0.1) is 13.8 Å². The lowest BCUT2D eigenvalue weighted by Gasteiger charge is -2.33. The molecule has 0 radical (unpaired) electrons. The summed E-state index contributed by atoms with van der Waals surface area (Å²) in [6.45, 7) is 8.62. The molecule has 2 aromatic rings. The lowest BCUT2D eigenvalue weighted by Crippen LogP contribution is -2.46. The Hall–Kier alpha value is -1.78. The largest absolute Gasteiger partial charge is 0.496 e. The third-order valence-corrected chi connectivity index (χ3v) is 5.15. The van der Waals surface area contributed by atoms with Gasteiger partial charge in [0.15, 0.2) is 5.96 Å². The van der Waals surface area contributed by atoms with E-state index >= 15 is 0 Å². The first kappa shape index (κ1) is 24.5. The third-order valence-electron chi connectivity index (χ3n) is 5.15. The van der Waals surface area contributed by atoms with Gasteiger partial charge < -0.3 is 24.5 Å². The Kier molecular flexibility index (Phi) is 9.93. The molecule has 0 amide bonds. The third kappa shape index (κ3) is 6.61. The number of morpholine rings is 1. The molecule has 2 N–H and O–H groups in total. The Morgan fingerprint density at radius 3 is 2.57 bits per heavy atom. The van der Waals surface area contributed by atoms with Gasteiger partial charge in [-0.15, -0.1) is 24.0 Å². The second kappa shape index (κ2) is 12.2. The van der Waals surface area contributed by atoms with Crippen LogP contribution in [0.3, 0.4) is 0 Å². The number of benzene rings is 1. The molecule has 2 heterocycles. The van der Waals surface area contributed by atoms with E-state index in [0.29, 0.717) is 13.1 Å². The van der Waals surface area contributed by atoms with Crippen LogP contribution in [0.25, 0.3) is 0 Å². The first-order valence-corrected chi connectivity index (χ1v) is 10.1. The maximum absolute atomic E-state index is 5.94. The summed E-state index contributed by atoms with van der Waals surface area (Å²) in [6.07, 6.45) is 0. The predicted molar refractivity (Wildman–Crippen MR) is 130 cm³/mol. The van der Waals surface area contributed by atoms with Crippen LogP contribution in [-0.2, 0) is 11.3 Å². The van der Waals surface area contributed by atoms with E-state index in [1.54, 1.807) is 14.2 Å². The predicted octanol–water partition coefficient (Wildman–Crippen LogP) is 3.26. The fourth-order valence-electron chi connectivity index (χ4n) is 3.52. The van der Waals surface area contributed by atoms with Crippen LogP contribution in [0.1, 0.15) is 28.7 Å². The fourth-order valence-corrected chi connectivity index (χ4v) is 3.52. The van der Waals surface area contributed by atoms with Gasteiger partial charge >= 0.3 is 0 Å². The van der Waals surface area contributed by atoms with Crippen molar-refractivity contribution >= 4 is 29.9 Å². The van der Waals surface area contributed by atoms with Crippen molar-refractivity contribution < 1.29 is 13.9 Å². The zero-order valence-corrected chi connectivity index (χ0v) is 20.6. The number of halogens is 1. The van der Waals surface area contributed by atoms with E-state index in [4.69, 9.17) is 13.9 Å². The summed E-state index contributed by atoms with van der Waals surface area (Å²) < 4.78 is 16.9. The molecule has 0 saturated carbocycles. The summed E-state index contributed by atoms with van der Waals surface area (Å²) in [5, 5.41) is 6.83. The van der Waals surface area contributed by atoms with Gasteiger partial charge in [0.25, 0.3) is 0 Å². The zero-order chi connectivity index (χ0) is 20.6. The molecule has 1 aromatic carbocycles. The molecular formula is C22H33IN4O3. The molecule has 1 saturated heterocycles. The molecule has 166 valence electrons. The average molecular weight is 528 g/mol. The SMILES string of the molecule is CN=C(NCc1ccc(C)cc1OC)NCC(c1ccc(C)o1)N1CCOCC1.I. The highest BCUT2D eigenvalue weighted by Gasteiger charge is 2.25. The van der Waals surface area contributed by atoms with E-state index in [-0.39, 0.29) is 30.0 Å². The summed E-state index contributed by atoms with van der Waals surface area (Å²) in [6, 6.07) is 10.4. The summed E-state index contributed by atoms with van der Waals surface area (Å²) in [7, 11) is 3.48. The molecule has 3 rings (SSSR count). The monoisotopic (exact) mass is 528 g/mol. The minimum atomic E-state index is 0. The summed E-state index contributed by atoms with van der Waals surface area (Å²) in [5.74, 6) is 3.51. The average Bonchev–Trinajstić information content (AvgIpc) is 3.17. The van der Waals surface area contributed by atoms with Crippen molar-refractivity contribution in [3.63, 3.8) is 0 Å². The Morgan fingerprint density at radius 1 is 1.17 bits per heavy atom. The standard InChI is InChI=1S/C22H32N4O3.HI/c1-16-5-7-18(21(13-16)27-4)14-24-22(23-3)25-15-19(20-8-6-17(2)29-20)26-9-11-28-12-10-26;/h5-8,13,19H,9-12,14-15H2,1-4H3,(H2,23,24,25);1H. The topological polar surface area (TPSA) is 71.3 Å². The van der Waals surface area contributed by atoms with Crippen LogP contribution in [-0.4, -0.2) is 57.9 Å². The number of nitrogens with zero attached hydrogens (tertiary/aromatic N) is 2. The molecule has 1 aliphatic rings. The quantitative estimate of drug-likeness (QED) is 0.327. The number of aliphatic imine (C=N–C) groups is 1. The van der Waals surface area contributed by atoms with E-state index in [1.807, 2.05) is 19.1 Å². The van der Waals surface area contributed by atoms with E-state index < -0.39 is 0 Å². The van der Waals surface area contributed by atoms with Gasteiger partial charge in [-0.25, -0.2) is 0 Å². The van der Waals surface area contributed by atoms with Crippen LogP contribution in [0.2, 0.25) is 0 Å². The maximum atomic E-state index is 5.94. The van der Waals surface area contributed by atoms with E-state index in [9.17, 15) is 0 Å². The number of methoxy groups -OCH3 is 1. The number of hydrogen-bond donors (Lipinski definition) is 2. The van der Waals surface area contributed by atoms with Gasteiger partial charge in [-0.3, -0.25) is 9.89 Å². The van der Waals surface area contributed by atoms with Crippen LogP contribution in [0.4, 0.5) is 0 Å². The maximum Gasteiger partial charge on any atom is 0.191 e. The zero-order valence-electron chi connectivity index (χ0n) is 18.2. The van der Waals surface area contributed by atoms with Crippen molar-refractivity contribution in [1.29, 1.82) is 0 Å². The van der Waals surface area contributed by atoms with Crippen LogP contribution < -0.4 is 15.4 Å². The highest BCUT2D eigenvalue weighted by Crippen LogP contribution is 2.23. The number of hydrogen-bond acceptors (Lipinski definition) is 5. The van der Waals surface area contributed by atoms with Gasteiger partial charge in [-0.2, -0.15) is 0 Å². The van der Waals surface area contributed by atoms with Crippen LogP contribution in [0.5, 0.6) is 5.75 Å². The molecule has 1 fully saturated rings. The number of nitrogens with one attached hydrogen (secondary N) is 2. The minimum absolute atomic E-state index is 0. The van der Waals surface area contributed by atoms with Gasteiger partial charge in [0.05, 0.1) is 26.4 Å².